The second kappa shape index (κ2) is 9.16. The maximum atomic E-state index is 13.5. The van der Waals surface area contributed by atoms with Gasteiger partial charge in [0, 0.05) is 20.4 Å². The highest BCUT2D eigenvalue weighted by Gasteiger charge is 2.43. The molecule has 32 heavy (non-hydrogen) atoms. The lowest BCUT2D eigenvalue weighted by Crippen LogP contribution is -2.31. The SMILES string of the molecule is O=C(c1ccccc1)N1N=C2/C(=C/c3ccc(Br)cc3)CCCC2C1c1ccc(Br)cc1. The topological polar surface area (TPSA) is 32.7 Å². The molecule has 2 aliphatic rings. The smallest absolute Gasteiger partial charge is 0.267 e. The van der Waals surface area contributed by atoms with E-state index in [2.05, 4.69) is 74.3 Å². The molecule has 5 heteroatoms. The highest BCUT2D eigenvalue weighted by atomic mass is 79.9. The number of hydrazone groups is 1. The van der Waals surface area contributed by atoms with Crippen molar-refractivity contribution in [1.29, 1.82) is 0 Å². The molecule has 0 bridgehead atoms. The zero-order valence-electron chi connectivity index (χ0n) is 17.4. The fourth-order valence-electron chi connectivity index (χ4n) is 4.63. The van der Waals surface area contributed by atoms with Crippen LogP contribution in [0, 0.1) is 5.92 Å². The molecule has 0 radical (unpaired) electrons. The van der Waals surface area contributed by atoms with E-state index < -0.39 is 0 Å². The highest BCUT2D eigenvalue weighted by Crippen LogP contribution is 2.45. The summed E-state index contributed by atoms with van der Waals surface area (Å²) in [5.41, 5.74) is 5.21. The number of halogens is 2. The van der Waals surface area contributed by atoms with Gasteiger partial charge in [-0.25, -0.2) is 5.01 Å². The van der Waals surface area contributed by atoms with E-state index in [9.17, 15) is 4.79 Å². The number of nitrogens with zero attached hydrogens (tertiary/aromatic N) is 2. The van der Waals surface area contributed by atoms with Crippen LogP contribution in [0.15, 0.2) is 98.5 Å². The number of amides is 1. The Morgan fingerprint density at radius 3 is 2.25 bits per heavy atom. The van der Waals surface area contributed by atoms with Crippen molar-refractivity contribution in [3.05, 3.63) is 110 Å². The first-order valence-electron chi connectivity index (χ1n) is 10.8. The molecule has 0 spiro atoms. The number of fused-ring (bicyclic) bond motifs is 1. The van der Waals surface area contributed by atoms with E-state index >= 15 is 0 Å². The highest BCUT2D eigenvalue weighted by molar-refractivity contribution is 9.10. The van der Waals surface area contributed by atoms with Gasteiger partial charge in [-0.2, -0.15) is 5.10 Å². The normalized spacial score (nSPS) is 21.4. The molecule has 1 heterocycles. The molecule has 1 fully saturated rings. The molecular weight excluding hydrogens is 528 g/mol. The summed E-state index contributed by atoms with van der Waals surface area (Å²) in [6.45, 7) is 0. The van der Waals surface area contributed by atoms with E-state index in [0.717, 1.165) is 45.0 Å². The summed E-state index contributed by atoms with van der Waals surface area (Å²) in [4.78, 5) is 13.5. The Morgan fingerprint density at radius 1 is 0.906 bits per heavy atom. The van der Waals surface area contributed by atoms with Crippen molar-refractivity contribution in [2.45, 2.75) is 25.3 Å². The van der Waals surface area contributed by atoms with E-state index in [1.807, 2.05) is 42.5 Å². The summed E-state index contributed by atoms with van der Waals surface area (Å²) < 4.78 is 2.09. The average Bonchev–Trinajstić information content (AvgIpc) is 3.22. The van der Waals surface area contributed by atoms with Crippen LogP contribution in [0.5, 0.6) is 0 Å². The van der Waals surface area contributed by atoms with E-state index in [0.29, 0.717) is 5.56 Å². The zero-order chi connectivity index (χ0) is 22.1. The Kier molecular flexibility index (Phi) is 6.11. The Hall–Kier alpha value is -2.50. The minimum atomic E-state index is -0.0978. The van der Waals surface area contributed by atoms with Crippen LogP contribution >= 0.6 is 31.9 Å². The molecule has 3 nitrogen and oxygen atoms in total. The molecule has 1 amide bonds. The minimum Gasteiger partial charge on any atom is -0.267 e. The third-order valence-electron chi connectivity index (χ3n) is 6.15. The molecule has 2 atom stereocenters. The molecule has 3 aromatic carbocycles. The average molecular weight is 550 g/mol. The van der Waals surface area contributed by atoms with Gasteiger partial charge in [-0.15, -0.1) is 0 Å². The molecule has 1 aliphatic heterocycles. The summed E-state index contributed by atoms with van der Waals surface area (Å²) in [7, 11) is 0. The van der Waals surface area contributed by atoms with Gasteiger partial charge in [0.2, 0.25) is 0 Å². The zero-order valence-corrected chi connectivity index (χ0v) is 20.6. The maximum absolute atomic E-state index is 13.5. The van der Waals surface area contributed by atoms with Crippen LogP contribution in [0.25, 0.3) is 6.08 Å². The first-order chi connectivity index (χ1) is 15.6. The molecule has 3 aromatic rings. The summed E-state index contributed by atoms with van der Waals surface area (Å²) in [5.74, 6) is 0.141. The summed E-state index contributed by atoms with van der Waals surface area (Å²) in [6.07, 6.45) is 5.32. The van der Waals surface area contributed by atoms with E-state index in [4.69, 9.17) is 5.10 Å². The van der Waals surface area contributed by atoms with Gasteiger partial charge in [-0.05, 0) is 78.4 Å². The second-order valence-corrected chi connectivity index (χ2v) is 10.0. The number of carbonyl (C=O) groups is 1. The number of carbonyl (C=O) groups excluding carboxylic acids is 1. The lowest BCUT2D eigenvalue weighted by Gasteiger charge is -2.29. The first-order valence-corrected chi connectivity index (χ1v) is 12.4. The second-order valence-electron chi connectivity index (χ2n) is 8.22. The standard InChI is InChI=1S/C27H22Br2N2O/c28-22-13-9-18(10-14-22)17-21-7-4-8-24-25(21)30-31(27(32)20-5-2-1-3-6-20)26(24)19-11-15-23(29)16-12-19/h1-3,5-6,9-17,24,26H,4,7-8H2/b21-17+. The Labute approximate surface area is 205 Å². The number of hydrogen-bond acceptors (Lipinski definition) is 2. The van der Waals surface area contributed by atoms with Crippen LogP contribution in [0.3, 0.4) is 0 Å². The lowest BCUT2D eigenvalue weighted by molar-refractivity contribution is 0.0681. The van der Waals surface area contributed by atoms with Crippen LogP contribution in [0.4, 0.5) is 0 Å². The van der Waals surface area contributed by atoms with E-state index in [-0.39, 0.29) is 17.9 Å². The van der Waals surface area contributed by atoms with Gasteiger partial charge < -0.3 is 0 Å². The number of benzene rings is 3. The van der Waals surface area contributed by atoms with Gasteiger partial charge in [0.15, 0.2) is 0 Å². The van der Waals surface area contributed by atoms with Crippen LogP contribution in [0.2, 0.25) is 0 Å². The molecular formula is C27H22Br2N2O. The predicted octanol–water partition coefficient (Wildman–Crippen LogP) is 7.65. The van der Waals surface area contributed by atoms with Crippen molar-refractivity contribution in [3.63, 3.8) is 0 Å². The Morgan fingerprint density at radius 2 is 1.56 bits per heavy atom. The number of rotatable bonds is 3. The third-order valence-corrected chi connectivity index (χ3v) is 7.21. The van der Waals surface area contributed by atoms with Gasteiger partial charge in [0.05, 0.1) is 11.8 Å². The van der Waals surface area contributed by atoms with Crippen molar-refractivity contribution >= 4 is 49.6 Å². The van der Waals surface area contributed by atoms with Crippen molar-refractivity contribution in [2.24, 2.45) is 11.0 Å². The fraction of sp³-hybridized carbons (Fsp3) is 0.185. The van der Waals surface area contributed by atoms with Gasteiger partial charge >= 0.3 is 0 Å². The largest absolute Gasteiger partial charge is 0.274 e. The number of hydrogen-bond donors (Lipinski definition) is 0. The molecule has 160 valence electrons. The fourth-order valence-corrected chi connectivity index (χ4v) is 5.16. The van der Waals surface area contributed by atoms with Gasteiger partial charge in [0.25, 0.3) is 5.91 Å². The molecule has 0 N–H and O–H groups in total. The Balaban J connectivity index is 1.57. The number of allylic oxidation sites excluding steroid dienone is 1. The molecule has 5 rings (SSSR count). The van der Waals surface area contributed by atoms with Crippen LogP contribution < -0.4 is 0 Å². The summed E-state index contributed by atoms with van der Waals surface area (Å²) in [6, 6.07) is 26.0. The van der Waals surface area contributed by atoms with Crippen LogP contribution in [-0.2, 0) is 0 Å². The summed E-state index contributed by atoms with van der Waals surface area (Å²) >= 11 is 7.04. The van der Waals surface area contributed by atoms with Crippen molar-refractivity contribution < 1.29 is 4.79 Å². The van der Waals surface area contributed by atoms with E-state index in [1.165, 1.54) is 5.57 Å². The minimum absolute atomic E-state index is 0.0524. The van der Waals surface area contributed by atoms with Crippen LogP contribution in [-0.4, -0.2) is 16.6 Å². The third kappa shape index (κ3) is 4.24. The predicted molar refractivity (Wildman–Crippen MR) is 136 cm³/mol. The lowest BCUT2D eigenvalue weighted by atomic mass is 9.77. The first kappa shape index (κ1) is 21.4. The van der Waals surface area contributed by atoms with Crippen LogP contribution in [0.1, 0.15) is 46.8 Å². The quantitative estimate of drug-likeness (QED) is 0.330. The van der Waals surface area contributed by atoms with Gasteiger partial charge in [-0.1, -0.05) is 74.3 Å². The molecule has 0 saturated heterocycles. The van der Waals surface area contributed by atoms with Crippen molar-refractivity contribution in [2.75, 3.05) is 0 Å². The molecule has 1 aliphatic carbocycles. The molecule has 2 unspecified atom stereocenters. The summed E-state index contributed by atoms with van der Waals surface area (Å²) in [5, 5.41) is 6.69. The molecule has 1 saturated carbocycles. The van der Waals surface area contributed by atoms with Crippen molar-refractivity contribution in [3.8, 4) is 0 Å². The van der Waals surface area contributed by atoms with Gasteiger partial charge in [0.1, 0.15) is 0 Å². The van der Waals surface area contributed by atoms with E-state index in [1.54, 1.807) is 5.01 Å². The maximum Gasteiger partial charge on any atom is 0.274 e. The van der Waals surface area contributed by atoms with Gasteiger partial charge in [-0.3, -0.25) is 4.79 Å². The Bertz CT molecular complexity index is 1180. The van der Waals surface area contributed by atoms with Crippen molar-refractivity contribution in [1.82, 2.24) is 5.01 Å². The monoisotopic (exact) mass is 548 g/mol. The molecule has 0 aromatic heterocycles.